The zero-order valence-corrected chi connectivity index (χ0v) is 15.1. The highest BCUT2D eigenvalue weighted by atomic mass is 16.2. The van der Waals surface area contributed by atoms with Crippen molar-refractivity contribution in [3.8, 4) is 0 Å². The van der Waals surface area contributed by atoms with Crippen LogP contribution < -0.4 is 21.1 Å². The number of amides is 1. The van der Waals surface area contributed by atoms with E-state index >= 15 is 0 Å². The van der Waals surface area contributed by atoms with E-state index in [1.807, 2.05) is 25.1 Å². The monoisotopic (exact) mass is 363 g/mol. The fourth-order valence-corrected chi connectivity index (χ4v) is 3.39. The standard InChI is InChI=1S/C20H21N5O2/c1-13-15-4-2-3-5-16(15)19(26)24-18(13)20(27)23-17-7-6-14(12-22-17)25-10-8-21-9-11-25/h2-7,12,21H,8-11H2,1H3,(H,24,26)(H,22,23,27). The number of hydrogen-bond acceptors (Lipinski definition) is 5. The topological polar surface area (TPSA) is 90.1 Å². The molecule has 27 heavy (non-hydrogen) atoms. The largest absolute Gasteiger partial charge is 0.368 e. The number of H-pyrrole nitrogens is 1. The van der Waals surface area contributed by atoms with Crippen LogP contribution in [-0.2, 0) is 0 Å². The molecule has 3 aromatic rings. The molecule has 4 rings (SSSR count). The quantitative estimate of drug-likeness (QED) is 0.661. The minimum atomic E-state index is -0.377. The van der Waals surface area contributed by atoms with Gasteiger partial charge < -0.3 is 20.5 Å². The number of carbonyl (C=O) groups is 1. The lowest BCUT2D eigenvalue weighted by atomic mass is 10.1. The third-order valence-electron chi connectivity index (χ3n) is 4.89. The molecule has 0 unspecified atom stereocenters. The third-order valence-corrected chi connectivity index (χ3v) is 4.89. The summed E-state index contributed by atoms with van der Waals surface area (Å²) in [7, 11) is 0. The number of fused-ring (bicyclic) bond motifs is 1. The number of rotatable bonds is 3. The summed E-state index contributed by atoms with van der Waals surface area (Å²) in [5, 5.41) is 7.43. The molecule has 7 nitrogen and oxygen atoms in total. The van der Waals surface area contributed by atoms with Crippen LogP contribution in [0, 0.1) is 6.92 Å². The minimum Gasteiger partial charge on any atom is -0.368 e. The maximum absolute atomic E-state index is 12.7. The number of benzene rings is 1. The van der Waals surface area contributed by atoms with Crippen molar-refractivity contribution in [3.05, 3.63) is 64.2 Å². The number of piperazine rings is 1. The van der Waals surface area contributed by atoms with Crippen molar-refractivity contribution < 1.29 is 4.79 Å². The first-order chi connectivity index (χ1) is 13.1. The molecule has 1 saturated heterocycles. The van der Waals surface area contributed by atoms with Crippen LogP contribution in [0.3, 0.4) is 0 Å². The number of nitrogens with zero attached hydrogens (tertiary/aromatic N) is 2. The third kappa shape index (κ3) is 3.41. The molecular formula is C20H21N5O2. The summed E-state index contributed by atoms with van der Waals surface area (Å²) in [4.78, 5) is 34.2. The van der Waals surface area contributed by atoms with Gasteiger partial charge in [-0.25, -0.2) is 4.98 Å². The first-order valence-corrected chi connectivity index (χ1v) is 8.98. The number of aromatic nitrogens is 2. The molecule has 138 valence electrons. The first kappa shape index (κ1) is 17.2. The van der Waals surface area contributed by atoms with Gasteiger partial charge in [-0.05, 0) is 36.1 Å². The minimum absolute atomic E-state index is 0.256. The summed E-state index contributed by atoms with van der Waals surface area (Å²) in [5.74, 6) is 0.0741. The lowest BCUT2D eigenvalue weighted by molar-refractivity contribution is 0.102. The van der Waals surface area contributed by atoms with Crippen molar-refractivity contribution >= 4 is 28.2 Å². The number of carbonyl (C=O) groups excluding carboxylic acids is 1. The second kappa shape index (κ2) is 7.20. The van der Waals surface area contributed by atoms with Crippen LogP contribution >= 0.6 is 0 Å². The Kier molecular flexibility index (Phi) is 4.60. The molecule has 0 radical (unpaired) electrons. The van der Waals surface area contributed by atoms with Crippen molar-refractivity contribution in [1.82, 2.24) is 15.3 Å². The Balaban J connectivity index is 1.56. The molecule has 0 atom stereocenters. The fraction of sp³-hybridized carbons (Fsp3) is 0.250. The number of pyridine rings is 2. The Labute approximate surface area is 156 Å². The summed E-state index contributed by atoms with van der Waals surface area (Å²) in [5.41, 5.74) is 1.75. The second-order valence-electron chi connectivity index (χ2n) is 6.59. The number of aromatic amines is 1. The molecule has 0 spiro atoms. The molecule has 7 heteroatoms. The number of anilines is 2. The van der Waals surface area contributed by atoms with Gasteiger partial charge in [0.25, 0.3) is 11.5 Å². The highest BCUT2D eigenvalue weighted by Crippen LogP contribution is 2.19. The van der Waals surface area contributed by atoms with E-state index in [4.69, 9.17) is 0 Å². The van der Waals surface area contributed by atoms with Crippen LogP contribution in [0.4, 0.5) is 11.5 Å². The number of aryl methyl sites for hydroxylation is 1. The van der Waals surface area contributed by atoms with E-state index in [-0.39, 0.29) is 17.2 Å². The molecule has 1 aliphatic heterocycles. The van der Waals surface area contributed by atoms with Gasteiger partial charge in [0.15, 0.2) is 0 Å². The van der Waals surface area contributed by atoms with Crippen molar-refractivity contribution in [3.63, 3.8) is 0 Å². The normalized spacial score (nSPS) is 14.3. The van der Waals surface area contributed by atoms with Crippen LogP contribution in [0.2, 0.25) is 0 Å². The molecule has 0 bridgehead atoms. The van der Waals surface area contributed by atoms with E-state index in [1.54, 1.807) is 24.4 Å². The van der Waals surface area contributed by atoms with Gasteiger partial charge in [0.1, 0.15) is 11.5 Å². The van der Waals surface area contributed by atoms with Crippen LogP contribution in [0.25, 0.3) is 10.8 Å². The molecule has 3 heterocycles. The zero-order chi connectivity index (χ0) is 18.8. The maximum Gasteiger partial charge on any atom is 0.273 e. The Bertz CT molecular complexity index is 1040. The molecular weight excluding hydrogens is 342 g/mol. The Morgan fingerprint density at radius 2 is 1.85 bits per heavy atom. The summed E-state index contributed by atoms with van der Waals surface area (Å²) in [6.45, 7) is 5.60. The van der Waals surface area contributed by atoms with Crippen molar-refractivity contribution in [2.24, 2.45) is 0 Å². The molecule has 1 fully saturated rings. The maximum atomic E-state index is 12.7. The predicted octanol–water partition coefficient (Wildman–Crippen LogP) is 1.89. The van der Waals surface area contributed by atoms with Gasteiger partial charge in [0.05, 0.1) is 11.9 Å². The Hall–Kier alpha value is -3.19. The zero-order valence-electron chi connectivity index (χ0n) is 15.1. The second-order valence-corrected chi connectivity index (χ2v) is 6.59. The molecule has 2 aromatic heterocycles. The molecule has 1 amide bonds. The molecule has 1 aliphatic rings. The van der Waals surface area contributed by atoms with Gasteiger partial charge in [-0.2, -0.15) is 0 Å². The lowest BCUT2D eigenvalue weighted by Crippen LogP contribution is -2.43. The first-order valence-electron chi connectivity index (χ1n) is 8.98. The summed E-state index contributed by atoms with van der Waals surface area (Å²) in [6.07, 6.45) is 1.76. The lowest BCUT2D eigenvalue weighted by Gasteiger charge is -2.29. The molecule has 0 aliphatic carbocycles. The fourth-order valence-electron chi connectivity index (χ4n) is 3.39. The van der Waals surface area contributed by atoms with Crippen molar-refractivity contribution in [2.45, 2.75) is 6.92 Å². The van der Waals surface area contributed by atoms with Crippen molar-refractivity contribution in [1.29, 1.82) is 0 Å². The van der Waals surface area contributed by atoms with Crippen LogP contribution in [0.15, 0.2) is 47.4 Å². The summed E-state index contributed by atoms with van der Waals surface area (Å²) < 4.78 is 0. The predicted molar refractivity (Wildman–Crippen MR) is 107 cm³/mol. The van der Waals surface area contributed by atoms with Gasteiger partial charge in [0, 0.05) is 31.6 Å². The Morgan fingerprint density at radius 1 is 1.11 bits per heavy atom. The SMILES string of the molecule is Cc1c(C(=O)Nc2ccc(N3CCNCC3)cn2)[nH]c(=O)c2ccccc12. The molecule has 1 aromatic carbocycles. The molecule has 0 saturated carbocycles. The van der Waals surface area contributed by atoms with E-state index in [2.05, 4.69) is 25.5 Å². The highest BCUT2D eigenvalue weighted by molar-refractivity contribution is 6.06. The van der Waals surface area contributed by atoms with Gasteiger partial charge >= 0.3 is 0 Å². The van der Waals surface area contributed by atoms with Gasteiger partial charge in [0.2, 0.25) is 0 Å². The van der Waals surface area contributed by atoms with E-state index in [1.165, 1.54) is 0 Å². The van der Waals surface area contributed by atoms with E-state index in [0.717, 1.165) is 42.8 Å². The van der Waals surface area contributed by atoms with Gasteiger partial charge in [-0.3, -0.25) is 9.59 Å². The van der Waals surface area contributed by atoms with E-state index in [9.17, 15) is 9.59 Å². The van der Waals surface area contributed by atoms with Gasteiger partial charge in [-0.15, -0.1) is 0 Å². The Morgan fingerprint density at radius 3 is 2.56 bits per heavy atom. The summed E-state index contributed by atoms with van der Waals surface area (Å²) in [6, 6.07) is 11.0. The van der Waals surface area contributed by atoms with E-state index in [0.29, 0.717) is 11.2 Å². The summed E-state index contributed by atoms with van der Waals surface area (Å²) >= 11 is 0. The van der Waals surface area contributed by atoms with Crippen LogP contribution in [0.1, 0.15) is 16.1 Å². The number of nitrogens with one attached hydrogen (secondary N) is 3. The van der Waals surface area contributed by atoms with Gasteiger partial charge in [-0.1, -0.05) is 18.2 Å². The number of hydrogen-bond donors (Lipinski definition) is 3. The van der Waals surface area contributed by atoms with E-state index < -0.39 is 0 Å². The average molecular weight is 363 g/mol. The molecule has 3 N–H and O–H groups in total. The average Bonchev–Trinajstić information content (AvgIpc) is 2.72. The smallest absolute Gasteiger partial charge is 0.273 e. The van der Waals surface area contributed by atoms with Crippen molar-refractivity contribution in [2.75, 3.05) is 36.4 Å². The van der Waals surface area contributed by atoms with Crippen LogP contribution in [0.5, 0.6) is 0 Å². The van der Waals surface area contributed by atoms with Crippen LogP contribution in [-0.4, -0.2) is 42.1 Å². The highest BCUT2D eigenvalue weighted by Gasteiger charge is 2.16.